The number of aliphatic hydroxyl groups excluding tert-OH is 2. The van der Waals surface area contributed by atoms with Crippen molar-refractivity contribution in [1.82, 2.24) is 4.98 Å². The summed E-state index contributed by atoms with van der Waals surface area (Å²) in [6.07, 6.45) is -0.562. The van der Waals surface area contributed by atoms with Crippen molar-refractivity contribution in [2.45, 2.75) is 37.9 Å². The van der Waals surface area contributed by atoms with Crippen LogP contribution >= 0.6 is 46.4 Å². The molecule has 3 rings (SSSR count). The van der Waals surface area contributed by atoms with E-state index in [1.165, 1.54) is 30.5 Å². The predicted molar refractivity (Wildman–Crippen MR) is 156 cm³/mol. The molecule has 0 bridgehead atoms. The normalized spacial score (nSPS) is 12.4. The Morgan fingerprint density at radius 3 is 1.85 bits per heavy atom. The van der Waals surface area contributed by atoms with Gasteiger partial charge in [-0.15, -0.1) is 0 Å². The molecule has 0 radical (unpaired) electrons. The summed E-state index contributed by atoms with van der Waals surface area (Å²) < 4.78 is 11.2. The lowest BCUT2D eigenvalue weighted by molar-refractivity contribution is -0.136. The Morgan fingerprint density at radius 2 is 1.37 bits per heavy atom. The minimum atomic E-state index is -1.15. The maximum absolute atomic E-state index is 11.4. The average Bonchev–Trinajstić information content (AvgIpc) is 2.90. The number of nitrogens with zero attached hydrogens (tertiary/aromatic N) is 1. The number of hydrogen-bond acceptors (Lipinski definition) is 8. The van der Waals surface area contributed by atoms with Crippen molar-refractivity contribution in [3.05, 3.63) is 73.8 Å². The second-order valence-corrected chi connectivity index (χ2v) is 10.4. The number of aliphatic hydroxyl groups is 2. The number of hydrogen-bond donors (Lipinski definition) is 5. The molecule has 2 aromatic carbocycles. The number of aromatic carboxylic acids is 1. The van der Waals surface area contributed by atoms with Gasteiger partial charge in [0.1, 0.15) is 11.4 Å². The molecule has 0 amide bonds. The maximum atomic E-state index is 11.4. The largest absolute Gasteiger partial charge is 0.490 e. The number of pyridine rings is 1. The van der Waals surface area contributed by atoms with Crippen LogP contribution in [0.5, 0.6) is 11.5 Å². The smallest absolute Gasteiger partial charge is 0.339 e. The molecule has 1 aromatic heterocycles. The summed E-state index contributed by atoms with van der Waals surface area (Å²) >= 11 is 25.0. The van der Waals surface area contributed by atoms with Gasteiger partial charge < -0.3 is 35.2 Å². The Balaban J connectivity index is 1.48. The highest BCUT2D eigenvalue weighted by Crippen LogP contribution is 2.37. The molecule has 0 fully saturated rings. The number of ether oxygens (including phenoxy) is 2. The van der Waals surface area contributed by atoms with E-state index < -0.39 is 24.1 Å². The molecule has 0 spiro atoms. The van der Waals surface area contributed by atoms with Crippen LogP contribution in [-0.2, 0) is 11.2 Å². The van der Waals surface area contributed by atoms with Crippen LogP contribution in [0.3, 0.4) is 0 Å². The van der Waals surface area contributed by atoms with Crippen LogP contribution in [0.2, 0.25) is 20.1 Å². The zero-order chi connectivity index (χ0) is 30.1. The lowest BCUT2D eigenvalue weighted by Gasteiger charge is -2.19. The zero-order valence-corrected chi connectivity index (χ0v) is 24.3. The molecule has 0 aliphatic heterocycles. The molecule has 0 aliphatic rings. The number of aryl methyl sites for hydroxylation is 1. The Labute approximate surface area is 255 Å². The van der Waals surface area contributed by atoms with Crippen LogP contribution in [0.15, 0.2) is 42.6 Å². The summed E-state index contributed by atoms with van der Waals surface area (Å²) in [6, 6.07) is 9.01. The second kappa shape index (κ2) is 15.3. The van der Waals surface area contributed by atoms with Gasteiger partial charge in [-0.25, -0.2) is 9.78 Å². The van der Waals surface area contributed by atoms with Crippen LogP contribution in [0.1, 0.15) is 35.2 Å². The van der Waals surface area contributed by atoms with Gasteiger partial charge >= 0.3 is 11.9 Å². The fraction of sp³-hybridized carbons (Fsp3) is 0.296. The Kier molecular flexibility index (Phi) is 12.1. The second-order valence-electron chi connectivity index (χ2n) is 8.79. The van der Waals surface area contributed by atoms with Crippen molar-refractivity contribution >= 4 is 69.8 Å². The van der Waals surface area contributed by atoms with Crippen molar-refractivity contribution in [3.63, 3.8) is 0 Å². The predicted octanol–water partition coefficient (Wildman–Crippen LogP) is 6.11. The number of carboxylic acid groups (broad SMARTS) is 2. The fourth-order valence-electron chi connectivity index (χ4n) is 3.68. The standard InChI is InChI=1S/C27H26Cl4N2O8/c28-17-10-14(3-4-23(36)37)11-18(29)24(17)40-8-5-21(34)22(35)6-9-41-25-19(30)12-15(13-20(25)31)33-26-16(27(38)39)2-1-7-32-26/h1-2,7,10-13,21-22,34-35H,3-6,8-9H2,(H,32,33)(H,36,37)(H,38,39)/t21-,22+/m1/s1. The van der Waals surface area contributed by atoms with Gasteiger partial charge in [-0.3, -0.25) is 4.79 Å². The molecule has 0 saturated carbocycles. The third-order valence-corrected chi connectivity index (χ3v) is 6.87. The van der Waals surface area contributed by atoms with Crippen LogP contribution in [0.4, 0.5) is 11.5 Å². The van der Waals surface area contributed by atoms with E-state index in [1.54, 1.807) is 12.1 Å². The third kappa shape index (κ3) is 9.53. The van der Waals surface area contributed by atoms with E-state index in [2.05, 4.69) is 10.3 Å². The number of aromatic nitrogens is 1. The summed E-state index contributed by atoms with van der Waals surface area (Å²) in [6.45, 7) is -0.0247. The SMILES string of the molecule is O=C(O)CCc1cc(Cl)c(OCC[C@@H](O)[C@@H](O)CCOc2c(Cl)cc(Nc3ncccc3C(=O)O)cc2Cl)c(Cl)c1. The highest BCUT2D eigenvalue weighted by molar-refractivity contribution is 6.38. The van der Waals surface area contributed by atoms with Crippen LogP contribution < -0.4 is 14.8 Å². The molecule has 220 valence electrons. The Morgan fingerprint density at radius 1 is 0.854 bits per heavy atom. The van der Waals surface area contributed by atoms with Gasteiger partial charge in [0.05, 0.1) is 45.5 Å². The highest BCUT2D eigenvalue weighted by atomic mass is 35.5. The summed E-state index contributed by atoms with van der Waals surface area (Å²) in [7, 11) is 0. The quantitative estimate of drug-likeness (QED) is 0.130. The van der Waals surface area contributed by atoms with Gasteiger partial charge in [0, 0.05) is 31.1 Å². The van der Waals surface area contributed by atoms with Gasteiger partial charge in [-0.05, 0) is 48.4 Å². The first-order valence-corrected chi connectivity index (χ1v) is 13.7. The number of aliphatic carboxylic acids is 1. The molecule has 1 heterocycles. The monoisotopic (exact) mass is 646 g/mol. The number of nitrogens with one attached hydrogen (secondary N) is 1. The van der Waals surface area contributed by atoms with Gasteiger partial charge in [0.2, 0.25) is 0 Å². The third-order valence-electron chi connectivity index (χ3n) is 5.75. The molecule has 14 heteroatoms. The summed E-state index contributed by atoms with van der Waals surface area (Å²) in [4.78, 5) is 26.2. The molecule has 5 N–H and O–H groups in total. The number of carboxylic acids is 2. The number of carbonyl (C=O) groups is 2. The van der Waals surface area contributed by atoms with E-state index in [9.17, 15) is 24.9 Å². The van der Waals surface area contributed by atoms with E-state index in [0.717, 1.165) is 0 Å². The van der Waals surface area contributed by atoms with Gasteiger partial charge in [0.15, 0.2) is 11.5 Å². The van der Waals surface area contributed by atoms with Gasteiger partial charge in [-0.2, -0.15) is 0 Å². The summed E-state index contributed by atoms with van der Waals surface area (Å²) in [5.41, 5.74) is 1.01. The molecule has 0 aliphatic carbocycles. The summed E-state index contributed by atoms with van der Waals surface area (Å²) in [5.74, 6) is -1.63. The molecular formula is C27H26Cl4N2O8. The Bertz CT molecular complexity index is 1350. The number of rotatable bonds is 15. The van der Waals surface area contributed by atoms with E-state index in [0.29, 0.717) is 11.3 Å². The first-order chi connectivity index (χ1) is 19.5. The van der Waals surface area contributed by atoms with Crippen molar-refractivity contribution in [1.29, 1.82) is 0 Å². The van der Waals surface area contributed by atoms with Crippen molar-refractivity contribution < 1.29 is 39.5 Å². The molecular weight excluding hydrogens is 622 g/mol. The summed E-state index contributed by atoms with van der Waals surface area (Å²) in [5, 5.41) is 42.4. The molecule has 10 nitrogen and oxygen atoms in total. The van der Waals surface area contributed by atoms with Crippen LogP contribution in [0.25, 0.3) is 0 Å². The van der Waals surface area contributed by atoms with Crippen LogP contribution in [-0.4, -0.2) is 62.8 Å². The van der Waals surface area contributed by atoms with Crippen LogP contribution in [0, 0.1) is 0 Å². The minimum absolute atomic E-state index is 0.00101. The van der Waals surface area contributed by atoms with E-state index in [-0.39, 0.29) is 81.9 Å². The maximum Gasteiger partial charge on any atom is 0.339 e. The van der Waals surface area contributed by atoms with Gasteiger partial charge in [0.25, 0.3) is 0 Å². The van der Waals surface area contributed by atoms with Gasteiger partial charge in [-0.1, -0.05) is 46.4 Å². The van der Waals surface area contributed by atoms with E-state index >= 15 is 0 Å². The highest BCUT2D eigenvalue weighted by Gasteiger charge is 2.19. The zero-order valence-electron chi connectivity index (χ0n) is 21.3. The topological polar surface area (TPSA) is 158 Å². The first-order valence-electron chi connectivity index (χ1n) is 12.2. The van der Waals surface area contributed by atoms with Crippen molar-refractivity contribution in [3.8, 4) is 11.5 Å². The fourth-order valence-corrected chi connectivity index (χ4v) is 4.92. The first kappa shape index (κ1) is 32.5. The minimum Gasteiger partial charge on any atom is -0.490 e. The molecule has 0 saturated heterocycles. The number of benzene rings is 2. The van der Waals surface area contributed by atoms with Crippen molar-refractivity contribution in [2.75, 3.05) is 18.5 Å². The molecule has 0 unspecified atom stereocenters. The van der Waals surface area contributed by atoms with E-state index in [4.69, 9.17) is 61.0 Å². The average molecular weight is 648 g/mol. The number of anilines is 2. The molecule has 2 atom stereocenters. The molecule has 3 aromatic rings. The lowest BCUT2D eigenvalue weighted by Crippen LogP contribution is -2.29. The Hall–Kier alpha value is -2.99. The molecule has 41 heavy (non-hydrogen) atoms. The number of halogens is 4. The lowest BCUT2D eigenvalue weighted by atomic mass is 10.1. The van der Waals surface area contributed by atoms with Crippen molar-refractivity contribution in [2.24, 2.45) is 0 Å². The van der Waals surface area contributed by atoms with E-state index in [1.807, 2.05) is 0 Å².